The largest absolute Gasteiger partial charge is 0.488 e. The average molecular weight is 535 g/mol. The Kier molecular flexibility index (Phi) is 8.46. The molecule has 1 N–H and O–H groups in total. The van der Waals surface area contributed by atoms with Gasteiger partial charge in [0, 0.05) is 18.2 Å². The van der Waals surface area contributed by atoms with Crippen LogP contribution in [0.5, 0.6) is 11.5 Å². The number of nitrogens with zero attached hydrogens (tertiary/aromatic N) is 4. The van der Waals surface area contributed by atoms with Crippen LogP contribution >= 0.6 is 0 Å². The summed E-state index contributed by atoms with van der Waals surface area (Å²) in [6.07, 6.45) is 1.92. The molecule has 5 aromatic rings. The lowest BCUT2D eigenvalue weighted by atomic mass is 9.98. The Morgan fingerprint density at radius 1 is 0.800 bits per heavy atom. The second kappa shape index (κ2) is 12.7. The number of carboxylic acid groups (broad SMARTS) is 1. The highest BCUT2D eigenvalue weighted by atomic mass is 16.5. The van der Waals surface area contributed by atoms with Crippen molar-refractivity contribution in [2.45, 2.75) is 39.5 Å². The van der Waals surface area contributed by atoms with E-state index >= 15 is 0 Å². The highest BCUT2D eigenvalue weighted by Crippen LogP contribution is 2.41. The van der Waals surface area contributed by atoms with Gasteiger partial charge < -0.3 is 14.6 Å². The fourth-order valence-electron chi connectivity index (χ4n) is 4.35. The number of unbranched alkanes of at least 4 members (excludes halogenated alkanes) is 1. The van der Waals surface area contributed by atoms with Gasteiger partial charge in [-0.15, -0.1) is 5.10 Å². The monoisotopic (exact) mass is 534 g/mol. The Balaban J connectivity index is 1.63. The molecule has 0 atom stereocenters. The number of ether oxygens (including phenoxy) is 2. The van der Waals surface area contributed by atoms with Crippen molar-refractivity contribution in [3.05, 3.63) is 114 Å². The van der Waals surface area contributed by atoms with Gasteiger partial charge in [0.05, 0.1) is 11.1 Å². The molecule has 0 unspecified atom stereocenters. The van der Waals surface area contributed by atoms with Crippen molar-refractivity contribution in [3.8, 4) is 34.0 Å². The lowest BCUT2D eigenvalue weighted by molar-refractivity contribution is 0.0697. The molecule has 0 amide bonds. The molecular weight excluding hydrogens is 504 g/mol. The fraction of sp³-hybridized carbons (Fsp3) is 0.188. The molecule has 0 aliphatic heterocycles. The van der Waals surface area contributed by atoms with Gasteiger partial charge in [-0.25, -0.2) is 9.48 Å². The van der Waals surface area contributed by atoms with Crippen LogP contribution in [-0.4, -0.2) is 31.3 Å². The van der Waals surface area contributed by atoms with Gasteiger partial charge >= 0.3 is 5.97 Å². The molecule has 0 aliphatic rings. The number of carboxylic acids is 1. The Labute approximate surface area is 232 Å². The highest BCUT2D eigenvalue weighted by Gasteiger charge is 2.21. The van der Waals surface area contributed by atoms with E-state index < -0.39 is 5.97 Å². The van der Waals surface area contributed by atoms with Crippen LogP contribution in [-0.2, 0) is 19.8 Å². The predicted molar refractivity (Wildman–Crippen MR) is 152 cm³/mol. The third kappa shape index (κ3) is 6.35. The van der Waals surface area contributed by atoms with Crippen molar-refractivity contribution in [2.24, 2.45) is 0 Å². The van der Waals surface area contributed by atoms with Gasteiger partial charge in [-0.05, 0) is 51.7 Å². The van der Waals surface area contributed by atoms with Crippen molar-refractivity contribution in [3.63, 3.8) is 0 Å². The average Bonchev–Trinajstić information content (AvgIpc) is 3.47. The first-order chi connectivity index (χ1) is 19.6. The third-order valence-electron chi connectivity index (χ3n) is 6.47. The number of benzene rings is 4. The van der Waals surface area contributed by atoms with Crippen LogP contribution in [0.2, 0.25) is 0 Å². The summed E-state index contributed by atoms with van der Waals surface area (Å²) in [6.45, 7) is 3.45. The molecule has 1 aromatic heterocycles. The van der Waals surface area contributed by atoms with Crippen molar-refractivity contribution >= 4 is 5.97 Å². The number of rotatable bonds is 12. The highest BCUT2D eigenvalue weighted by molar-refractivity contribution is 5.90. The molecule has 40 heavy (non-hydrogen) atoms. The van der Waals surface area contributed by atoms with Crippen LogP contribution in [0.25, 0.3) is 22.5 Å². The molecule has 0 fully saturated rings. The van der Waals surface area contributed by atoms with Crippen LogP contribution in [0.15, 0.2) is 97.1 Å². The van der Waals surface area contributed by atoms with Gasteiger partial charge in [0.1, 0.15) is 24.7 Å². The third-order valence-corrected chi connectivity index (χ3v) is 6.47. The summed E-state index contributed by atoms with van der Waals surface area (Å²) in [4.78, 5) is 11.8. The van der Waals surface area contributed by atoms with Gasteiger partial charge in [0.25, 0.3) is 0 Å². The zero-order chi connectivity index (χ0) is 27.7. The number of hydrogen-bond donors (Lipinski definition) is 1. The van der Waals surface area contributed by atoms with E-state index in [0.717, 1.165) is 24.0 Å². The Bertz CT molecular complexity index is 1570. The number of aromatic carboxylic acids is 1. The maximum absolute atomic E-state index is 11.8. The van der Waals surface area contributed by atoms with Crippen molar-refractivity contribution in [1.82, 2.24) is 20.2 Å². The van der Waals surface area contributed by atoms with E-state index in [1.54, 1.807) is 22.9 Å². The number of hydrogen-bond acceptors (Lipinski definition) is 6. The van der Waals surface area contributed by atoms with E-state index in [0.29, 0.717) is 53.8 Å². The summed E-state index contributed by atoms with van der Waals surface area (Å²) in [5.41, 5.74) is 4.32. The SMILES string of the molecule is CCCCn1nnnc1-c1cc(-c2cccc(C(=O)O)c2)c(OCc2ccccc2)cc1OCc1ccccc1. The summed E-state index contributed by atoms with van der Waals surface area (Å²) in [5, 5.41) is 22.2. The first kappa shape index (κ1) is 26.6. The van der Waals surface area contributed by atoms with E-state index in [4.69, 9.17) is 9.47 Å². The molecule has 8 nitrogen and oxygen atoms in total. The van der Waals surface area contributed by atoms with E-state index in [1.807, 2.05) is 78.9 Å². The minimum Gasteiger partial charge on any atom is -0.488 e. The predicted octanol–water partition coefficient (Wildman–Crippen LogP) is 6.66. The zero-order valence-electron chi connectivity index (χ0n) is 22.2. The van der Waals surface area contributed by atoms with E-state index in [1.165, 1.54) is 0 Å². The lowest BCUT2D eigenvalue weighted by Crippen LogP contribution is -2.06. The zero-order valence-corrected chi connectivity index (χ0v) is 22.2. The van der Waals surface area contributed by atoms with Gasteiger partial charge in [-0.2, -0.15) is 0 Å². The van der Waals surface area contributed by atoms with Crippen molar-refractivity contribution in [1.29, 1.82) is 0 Å². The Morgan fingerprint density at radius 2 is 1.45 bits per heavy atom. The molecule has 5 rings (SSSR count). The first-order valence-electron chi connectivity index (χ1n) is 13.2. The van der Waals surface area contributed by atoms with Gasteiger partial charge in [0.2, 0.25) is 0 Å². The summed E-state index contributed by atoms with van der Waals surface area (Å²) in [5.74, 6) is 0.699. The summed E-state index contributed by atoms with van der Waals surface area (Å²) >= 11 is 0. The Hall–Kier alpha value is -4.98. The standard InChI is InChI=1S/C32H30N4O4/c1-2-3-17-36-31(33-34-35-36)28-19-27(25-15-10-16-26(18-25)32(37)38)29(39-21-23-11-6-4-7-12-23)20-30(28)40-22-24-13-8-5-9-14-24/h4-16,18-20H,2-3,17,21-22H2,1H3,(H,37,38). The minimum absolute atomic E-state index is 0.185. The topological polar surface area (TPSA) is 99.4 Å². The van der Waals surface area contributed by atoms with Gasteiger partial charge in [-0.3, -0.25) is 0 Å². The van der Waals surface area contributed by atoms with Crippen molar-refractivity contribution in [2.75, 3.05) is 0 Å². The maximum atomic E-state index is 11.8. The molecule has 0 bridgehead atoms. The number of carbonyl (C=O) groups is 1. The molecule has 4 aromatic carbocycles. The van der Waals surface area contributed by atoms with Crippen LogP contribution in [0.3, 0.4) is 0 Å². The van der Waals surface area contributed by atoms with E-state index in [9.17, 15) is 9.90 Å². The molecule has 0 spiro atoms. The fourth-order valence-corrected chi connectivity index (χ4v) is 4.35. The second-order valence-corrected chi connectivity index (χ2v) is 9.36. The van der Waals surface area contributed by atoms with Crippen molar-refractivity contribution < 1.29 is 19.4 Å². The van der Waals surface area contributed by atoms with Crippen LogP contribution < -0.4 is 9.47 Å². The molecule has 202 valence electrons. The second-order valence-electron chi connectivity index (χ2n) is 9.36. The van der Waals surface area contributed by atoms with Gasteiger partial charge in [0.15, 0.2) is 5.82 Å². The number of aryl methyl sites for hydroxylation is 1. The normalized spacial score (nSPS) is 10.8. The molecule has 0 radical (unpaired) electrons. The quantitative estimate of drug-likeness (QED) is 0.191. The van der Waals surface area contributed by atoms with E-state index in [2.05, 4.69) is 22.4 Å². The molecule has 0 saturated heterocycles. The number of tetrazole rings is 1. The Morgan fingerprint density at radius 3 is 2.08 bits per heavy atom. The van der Waals surface area contributed by atoms with E-state index in [-0.39, 0.29) is 5.56 Å². The molecular formula is C32H30N4O4. The first-order valence-corrected chi connectivity index (χ1v) is 13.2. The smallest absolute Gasteiger partial charge is 0.335 e. The van der Waals surface area contributed by atoms with Gasteiger partial charge in [-0.1, -0.05) is 86.1 Å². The lowest BCUT2D eigenvalue weighted by Gasteiger charge is -2.18. The van der Waals surface area contributed by atoms with Crippen LogP contribution in [0.1, 0.15) is 41.3 Å². The molecule has 0 aliphatic carbocycles. The summed E-state index contributed by atoms with van der Waals surface area (Å²) < 4.78 is 14.5. The molecule has 1 heterocycles. The summed E-state index contributed by atoms with van der Waals surface area (Å²) in [6, 6.07) is 30.4. The van der Waals surface area contributed by atoms with Crippen LogP contribution in [0, 0.1) is 0 Å². The molecule has 0 saturated carbocycles. The minimum atomic E-state index is -1.000. The maximum Gasteiger partial charge on any atom is 0.335 e. The summed E-state index contributed by atoms with van der Waals surface area (Å²) in [7, 11) is 0. The molecule has 8 heteroatoms. The number of aromatic nitrogens is 4. The van der Waals surface area contributed by atoms with Crippen LogP contribution in [0.4, 0.5) is 0 Å².